The number of aryl methyl sites for hydroxylation is 1. The van der Waals surface area contributed by atoms with Gasteiger partial charge in [0.05, 0.1) is 0 Å². The van der Waals surface area contributed by atoms with Crippen molar-refractivity contribution in [3.63, 3.8) is 0 Å². The molecule has 6 heteroatoms. The molecule has 0 aromatic heterocycles. The van der Waals surface area contributed by atoms with Crippen molar-refractivity contribution in [3.05, 3.63) is 65.2 Å². The summed E-state index contributed by atoms with van der Waals surface area (Å²) in [6.45, 7) is 5.86. The quantitative estimate of drug-likeness (QED) is 0.887. The lowest BCUT2D eigenvalue weighted by Gasteiger charge is -2.36. The van der Waals surface area contributed by atoms with E-state index in [1.165, 1.54) is 11.3 Å². The van der Waals surface area contributed by atoms with Gasteiger partial charge in [-0.1, -0.05) is 24.3 Å². The first-order chi connectivity index (χ1) is 11.2. The van der Waals surface area contributed by atoms with Gasteiger partial charge < -0.3 is 15.5 Å². The Bertz CT molecular complexity index is 683. The summed E-state index contributed by atoms with van der Waals surface area (Å²) in [6.07, 6.45) is 0. The fraction of sp³-hybridized carbons (Fsp3) is 0.316. The molecular weight excluding hydrogens is 357 g/mol. The van der Waals surface area contributed by atoms with Crippen LogP contribution in [-0.2, 0) is 6.54 Å². The largest absolute Gasteiger partial charge is 0.368 e. The summed E-state index contributed by atoms with van der Waals surface area (Å²) in [5, 5.41) is 0. The van der Waals surface area contributed by atoms with Gasteiger partial charge in [0.15, 0.2) is 0 Å². The second kappa shape index (κ2) is 9.66. The fourth-order valence-electron chi connectivity index (χ4n) is 2.96. The van der Waals surface area contributed by atoms with Crippen LogP contribution in [0.1, 0.15) is 21.5 Å². The molecule has 0 unspecified atom stereocenters. The molecule has 1 aliphatic rings. The SMILES string of the molecule is Cc1cccc(N2CCN(C(=O)c3ccc(CN)cc3)CC2)c1.Cl.Cl. The average molecular weight is 382 g/mol. The summed E-state index contributed by atoms with van der Waals surface area (Å²) >= 11 is 0. The number of carbonyl (C=O) groups excluding carboxylic acids is 1. The Morgan fingerprint density at radius 3 is 2.20 bits per heavy atom. The van der Waals surface area contributed by atoms with Gasteiger partial charge in [-0.25, -0.2) is 0 Å². The number of benzene rings is 2. The number of rotatable bonds is 3. The van der Waals surface area contributed by atoms with Crippen molar-refractivity contribution in [1.29, 1.82) is 0 Å². The molecule has 0 radical (unpaired) electrons. The van der Waals surface area contributed by atoms with E-state index in [9.17, 15) is 4.79 Å². The van der Waals surface area contributed by atoms with E-state index in [-0.39, 0.29) is 30.7 Å². The molecule has 0 saturated carbocycles. The average Bonchev–Trinajstić information content (AvgIpc) is 2.61. The van der Waals surface area contributed by atoms with Crippen molar-refractivity contribution in [2.24, 2.45) is 5.73 Å². The van der Waals surface area contributed by atoms with E-state index in [4.69, 9.17) is 5.73 Å². The predicted molar refractivity (Wildman–Crippen MR) is 108 cm³/mol. The molecule has 2 aromatic rings. The van der Waals surface area contributed by atoms with E-state index < -0.39 is 0 Å². The van der Waals surface area contributed by atoms with Gasteiger partial charge in [-0.3, -0.25) is 4.79 Å². The number of anilines is 1. The summed E-state index contributed by atoms with van der Waals surface area (Å²) in [5.41, 5.74) is 9.89. The minimum absolute atomic E-state index is 0. The first kappa shape index (κ1) is 21.3. The third-order valence-electron chi connectivity index (χ3n) is 4.37. The lowest BCUT2D eigenvalue weighted by molar-refractivity contribution is 0.0747. The van der Waals surface area contributed by atoms with Crippen molar-refractivity contribution in [3.8, 4) is 0 Å². The van der Waals surface area contributed by atoms with Gasteiger partial charge in [0.1, 0.15) is 0 Å². The molecule has 1 saturated heterocycles. The molecule has 3 rings (SSSR count). The Morgan fingerprint density at radius 1 is 1.00 bits per heavy atom. The Hall–Kier alpha value is -1.75. The topological polar surface area (TPSA) is 49.6 Å². The third-order valence-corrected chi connectivity index (χ3v) is 4.37. The molecule has 2 aromatic carbocycles. The number of nitrogens with two attached hydrogens (primary N) is 1. The smallest absolute Gasteiger partial charge is 0.253 e. The van der Waals surface area contributed by atoms with Gasteiger partial charge in [0.25, 0.3) is 5.91 Å². The summed E-state index contributed by atoms with van der Waals surface area (Å²) in [6, 6.07) is 16.1. The molecule has 0 bridgehead atoms. The summed E-state index contributed by atoms with van der Waals surface area (Å²) < 4.78 is 0. The van der Waals surface area contributed by atoms with Gasteiger partial charge in [-0.2, -0.15) is 0 Å². The van der Waals surface area contributed by atoms with Gasteiger partial charge in [0.2, 0.25) is 0 Å². The van der Waals surface area contributed by atoms with Gasteiger partial charge in [-0.15, -0.1) is 24.8 Å². The highest BCUT2D eigenvalue weighted by atomic mass is 35.5. The maximum absolute atomic E-state index is 12.6. The molecular formula is C19H25Cl2N3O. The highest BCUT2D eigenvalue weighted by Gasteiger charge is 2.22. The number of hydrogen-bond donors (Lipinski definition) is 1. The van der Waals surface area contributed by atoms with Crippen LogP contribution < -0.4 is 10.6 Å². The van der Waals surface area contributed by atoms with Crippen LogP contribution in [0.25, 0.3) is 0 Å². The molecule has 1 aliphatic heterocycles. The fourth-order valence-corrected chi connectivity index (χ4v) is 2.96. The van der Waals surface area contributed by atoms with Crippen LogP contribution in [0.15, 0.2) is 48.5 Å². The second-order valence-electron chi connectivity index (χ2n) is 6.02. The number of hydrogen-bond acceptors (Lipinski definition) is 3. The standard InChI is InChI=1S/C19H23N3O.2ClH/c1-15-3-2-4-18(13-15)21-9-11-22(12-10-21)19(23)17-7-5-16(14-20)6-8-17;;/h2-8,13H,9-12,14,20H2,1H3;2*1H. The molecule has 1 fully saturated rings. The van der Waals surface area contributed by atoms with E-state index in [2.05, 4.69) is 36.1 Å². The molecule has 25 heavy (non-hydrogen) atoms. The Labute approximate surface area is 161 Å². The third kappa shape index (κ3) is 5.11. The van der Waals surface area contributed by atoms with E-state index in [1.54, 1.807) is 0 Å². The molecule has 136 valence electrons. The first-order valence-electron chi connectivity index (χ1n) is 8.07. The molecule has 1 amide bonds. The zero-order valence-corrected chi connectivity index (χ0v) is 16.0. The summed E-state index contributed by atoms with van der Waals surface area (Å²) in [7, 11) is 0. The molecule has 4 nitrogen and oxygen atoms in total. The van der Waals surface area contributed by atoms with Crippen molar-refractivity contribution in [2.45, 2.75) is 13.5 Å². The van der Waals surface area contributed by atoms with Gasteiger partial charge in [0, 0.05) is 44.0 Å². The van der Waals surface area contributed by atoms with Crippen LogP contribution in [0.4, 0.5) is 5.69 Å². The van der Waals surface area contributed by atoms with E-state index >= 15 is 0 Å². The molecule has 1 heterocycles. The molecule has 0 aliphatic carbocycles. The van der Waals surface area contributed by atoms with E-state index in [0.29, 0.717) is 6.54 Å². The highest BCUT2D eigenvalue weighted by molar-refractivity contribution is 5.94. The molecule has 0 atom stereocenters. The Kier molecular flexibility index (Phi) is 8.23. The monoisotopic (exact) mass is 381 g/mol. The number of nitrogens with zero attached hydrogens (tertiary/aromatic N) is 2. The van der Waals surface area contributed by atoms with Crippen LogP contribution in [0.5, 0.6) is 0 Å². The lowest BCUT2D eigenvalue weighted by atomic mass is 10.1. The maximum Gasteiger partial charge on any atom is 0.253 e. The lowest BCUT2D eigenvalue weighted by Crippen LogP contribution is -2.48. The predicted octanol–water partition coefficient (Wildman–Crippen LogP) is 3.26. The Balaban J connectivity index is 0.00000156. The number of halogens is 2. The van der Waals surface area contributed by atoms with Gasteiger partial charge in [-0.05, 0) is 42.3 Å². The van der Waals surface area contributed by atoms with Crippen LogP contribution >= 0.6 is 24.8 Å². The molecule has 2 N–H and O–H groups in total. The van der Waals surface area contributed by atoms with Crippen LogP contribution in [-0.4, -0.2) is 37.0 Å². The zero-order chi connectivity index (χ0) is 16.2. The maximum atomic E-state index is 12.6. The normalized spacial score (nSPS) is 13.7. The summed E-state index contributed by atoms with van der Waals surface area (Å²) in [5.74, 6) is 0.109. The van der Waals surface area contributed by atoms with Crippen molar-refractivity contribution in [1.82, 2.24) is 4.90 Å². The van der Waals surface area contributed by atoms with Crippen molar-refractivity contribution in [2.75, 3.05) is 31.1 Å². The summed E-state index contributed by atoms with van der Waals surface area (Å²) in [4.78, 5) is 16.8. The first-order valence-corrected chi connectivity index (χ1v) is 8.07. The number of carbonyl (C=O) groups is 1. The highest BCUT2D eigenvalue weighted by Crippen LogP contribution is 2.18. The Morgan fingerprint density at radius 2 is 1.64 bits per heavy atom. The second-order valence-corrected chi connectivity index (χ2v) is 6.02. The van der Waals surface area contributed by atoms with E-state index in [1.807, 2.05) is 29.2 Å². The minimum Gasteiger partial charge on any atom is -0.368 e. The van der Waals surface area contributed by atoms with E-state index in [0.717, 1.165) is 37.3 Å². The number of amides is 1. The molecule has 0 spiro atoms. The van der Waals surface area contributed by atoms with Crippen molar-refractivity contribution >= 4 is 36.4 Å². The zero-order valence-electron chi connectivity index (χ0n) is 14.4. The van der Waals surface area contributed by atoms with Crippen LogP contribution in [0.2, 0.25) is 0 Å². The van der Waals surface area contributed by atoms with Crippen LogP contribution in [0, 0.1) is 6.92 Å². The van der Waals surface area contributed by atoms with Crippen LogP contribution in [0.3, 0.4) is 0 Å². The minimum atomic E-state index is 0. The van der Waals surface area contributed by atoms with Gasteiger partial charge >= 0.3 is 0 Å². The number of piperazine rings is 1. The van der Waals surface area contributed by atoms with Crippen molar-refractivity contribution < 1.29 is 4.79 Å².